The number of hydrogen-bond acceptors (Lipinski definition) is 6. The number of hydrogen-bond donors (Lipinski definition) is 1. The van der Waals surface area contributed by atoms with Gasteiger partial charge in [-0.1, -0.05) is 43.1 Å². The quantitative estimate of drug-likeness (QED) is 0.429. The summed E-state index contributed by atoms with van der Waals surface area (Å²) >= 11 is 13.9. The maximum atomic E-state index is 13.8. The molecule has 2 aromatic rings. The van der Waals surface area contributed by atoms with Crippen LogP contribution < -0.4 is 19.5 Å². The molecule has 0 radical (unpaired) electrons. The molecular weight excluding hydrogens is 523 g/mol. The van der Waals surface area contributed by atoms with E-state index in [4.69, 9.17) is 37.4 Å². The Labute approximate surface area is 226 Å². The highest BCUT2D eigenvalue weighted by atomic mass is 35.5. The molecule has 1 heterocycles. The summed E-state index contributed by atoms with van der Waals surface area (Å²) in [6.45, 7) is 4.60. The topological polar surface area (TPSA) is 77.1 Å². The summed E-state index contributed by atoms with van der Waals surface area (Å²) in [6.07, 6.45) is 1.32. The molecule has 2 atom stereocenters. The van der Waals surface area contributed by atoms with Gasteiger partial charge in [-0.3, -0.25) is 9.59 Å². The van der Waals surface area contributed by atoms with E-state index in [9.17, 15) is 9.59 Å². The first-order chi connectivity index (χ1) is 17.2. The highest BCUT2D eigenvalue weighted by molar-refractivity contribution is 8.00. The lowest BCUT2D eigenvalue weighted by Crippen LogP contribution is -2.50. The highest BCUT2D eigenvalue weighted by Gasteiger charge is 2.42. The number of halogens is 2. The molecule has 1 saturated heterocycles. The molecule has 2 amide bonds. The van der Waals surface area contributed by atoms with Crippen LogP contribution in [0.1, 0.15) is 36.2 Å². The van der Waals surface area contributed by atoms with Crippen LogP contribution in [0.4, 0.5) is 0 Å². The van der Waals surface area contributed by atoms with Gasteiger partial charge in [0.15, 0.2) is 11.5 Å². The number of thioether (sulfide) groups is 1. The second-order valence-corrected chi connectivity index (χ2v) is 10.9. The SMILES string of the molecule is COc1cc(C(=O)N2C(CC(C)C)SCC2C(=O)NCCc2ccc(Cl)cc2Cl)cc(OC)c1OC. The van der Waals surface area contributed by atoms with Gasteiger partial charge < -0.3 is 24.4 Å². The van der Waals surface area contributed by atoms with E-state index in [1.54, 1.807) is 40.9 Å². The van der Waals surface area contributed by atoms with Crippen molar-refractivity contribution in [1.29, 1.82) is 0 Å². The number of amides is 2. The molecule has 10 heteroatoms. The van der Waals surface area contributed by atoms with E-state index in [-0.39, 0.29) is 17.2 Å². The summed E-state index contributed by atoms with van der Waals surface area (Å²) in [4.78, 5) is 28.8. The molecule has 0 saturated carbocycles. The molecule has 7 nitrogen and oxygen atoms in total. The fraction of sp³-hybridized carbons (Fsp3) is 0.462. The average molecular weight is 556 g/mol. The van der Waals surface area contributed by atoms with E-state index in [0.29, 0.717) is 57.5 Å². The van der Waals surface area contributed by atoms with Crippen molar-refractivity contribution in [3.05, 3.63) is 51.5 Å². The van der Waals surface area contributed by atoms with Crippen LogP contribution in [0.15, 0.2) is 30.3 Å². The number of rotatable bonds is 10. The van der Waals surface area contributed by atoms with Gasteiger partial charge in [0.25, 0.3) is 5.91 Å². The molecule has 1 N–H and O–H groups in total. The van der Waals surface area contributed by atoms with Crippen molar-refractivity contribution < 1.29 is 23.8 Å². The first kappa shape index (κ1) is 28.3. The third-order valence-corrected chi connectivity index (χ3v) is 7.82. The van der Waals surface area contributed by atoms with Crippen LogP contribution >= 0.6 is 35.0 Å². The molecule has 0 aliphatic carbocycles. The summed E-state index contributed by atoms with van der Waals surface area (Å²) in [7, 11) is 4.51. The van der Waals surface area contributed by atoms with E-state index in [1.807, 2.05) is 6.07 Å². The molecule has 1 fully saturated rings. The molecule has 2 unspecified atom stereocenters. The van der Waals surface area contributed by atoms with Crippen molar-refractivity contribution in [1.82, 2.24) is 10.2 Å². The van der Waals surface area contributed by atoms with Crippen molar-refractivity contribution in [2.24, 2.45) is 5.92 Å². The molecule has 2 aromatic carbocycles. The second-order valence-electron chi connectivity index (χ2n) is 8.84. The monoisotopic (exact) mass is 554 g/mol. The zero-order valence-corrected chi connectivity index (χ0v) is 23.4. The predicted octanol–water partition coefficient (Wildman–Crippen LogP) is 5.31. The first-order valence-electron chi connectivity index (χ1n) is 11.7. The fourth-order valence-corrected chi connectivity index (χ4v) is 6.28. The highest BCUT2D eigenvalue weighted by Crippen LogP contribution is 2.40. The van der Waals surface area contributed by atoms with Gasteiger partial charge in [-0.05, 0) is 48.6 Å². The molecule has 3 rings (SSSR count). The van der Waals surface area contributed by atoms with Crippen molar-refractivity contribution >= 4 is 46.8 Å². The normalized spacial score (nSPS) is 17.3. The maximum Gasteiger partial charge on any atom is 0.255 e. The lowest BCUT2D eigenvalue weighted by Gasteiger charge is -2.30. The molecule has 196 valence electrons. The van der Waals surface area contributed by atoms with Gasteiger partial charge in [0.05, 0.1) is 26.7 Å². The van der Waals surface area contributed by atoms with Gasteiger partial charge in [0, 0.05) is 27.9 Å². The summed E-state index contributed by atoms with van der Waals surface area (Å²) in [5.74, 6) is 1.58. The third-order valence-electron chi connectivity index (χ3n) is 5.92. The van der Waals surface area contributed by atoms with Crippen LogP contribution in [-0.2, 0) is 11.2 Å². The number of carbonyl (C=O) groups excluding carboxylic acids is 2. The molecule has 36 heavy (non-hydrogen) atoms. The van der Waals surface area contributed by atoms with Gasteiger partial charge >= 0.3 is 0 Å². The van der Waals surface area contributed by atoms with Gasteiger partial charge in [0.1, 0.15) is 6.04 Å². The Balaban J connectivity index is 1.82. The smallest absolute Gasteiger partial charge is 0.255 e. The van der Waals surface area contributed by atoms with Crippen LogP contribution in [-0.4, -0.2) is 61.8 Å². The molecule has 0 spiro atoms. The molecular formula is C26H32Cl2N2O5S. The van der Waals surface area contributed by atoms with Gasteiger partial charge in [-0.15, -0.1) is 11.8 Å². The number of carbonyl (C=O) groups is 2. The number of benzene rings is 2. The van der Waals surface area contributed by atoms with E-state index < -0.39 is 6.04 Å². The minimum Gasteiger partial charge on any atom is -0.493 e. The van der Waals surface area contributed by atoms with E-state index in [2.05, 4.69) is 19.2 Å². The van der Waals surface area contributed by atoms with E-state index in [0.717, 1.165) is 12.0 Å². The number of nitrogens with one attached hydrogen (secondary N) is 1. The van der Waals surface area contributed by atoms with Crippen molar-refractivity contribution in [3.63, 3.8) is 0 Å². The number of ether oxygens (including phenoxy) is 3. The van der Waals surface area contributed by atoms with Gasteiger partial charge in [-0.2, -0.15) is 0 Å². The minimum atomic E-state index is -0.606. The zero-order chi connectivity index (χ0) is 26.4. The van der Waals surface area contributed by atoms with Crippen LogP contribution in [0.2, 0.25) is 10.0 Å². The Hall–Kier alpha value is -2.29. The number of methoxy groups -OCH3 is 3. The molecule has 0 aromatic heterocycles. The standard InChI is InChI=1S/C26H32Cl2N2O5S/c1-15(2)10-23-30(26(32)17-11-21(33-3)24(35-5)22(12-17)34-4)20(14-36-23)25(31)29-9-8-16-6-7-18(27)13-19(16)28/h6-7,11-13,15,20,23H,8-10,14H2,1-5H3,(H,29,31). The molecule has 1 aliphatic rings. The fourth-order valence-electron chi connectivity index (χ4n) is 4.14. The van der Waals surface area contributed by atoms with Crippen LogP contribution in [0.25, 0.3) is 0 Å². The largest absolute Gasteiger partial charge is 0.493 e. The van der Waals surface area contributed by atoms with Gasteiger partial charge in [0.2, 0.25) is 11.7 Å². The minimum absolute atomic E-state index is 0.127. The Morgan fingerprint density at radius 3 is 2.31 bits per heavy atom. The predicted molar refractivity (Wildman–Crippen MR) is 145 cm³/mol. The van der Waals surface area contributed by atoms with E-state index in [1.165, 1.54) is 21.3 Å². The van der Waals surface area contributed by atoms with Crippen LogP contribution in [0.5, 0.6) is 17.2 Å². The average Bonchev–Trinajstić information content (AvgIpc) is 3.26. The molecule has 1 aliphatic heterocycles. The molecule has 0 bridgehead atoms. The third kappa shape index (κ3) is 6.52. The van der Waals surface area contributed by atoms with E-state index >= 15 is 0 Å². The zero-order valence-electron chi connectivity index (χ0n) is 21.1. The Morgan fingerprint density at radius 2 is 1.75 bits per heavy atom. The van der Waals surface area contributed by atoms with Crippen molar-refractivity contribution in [2.75, 3.05) is 33.6 Å². The summed E-state index contributed by atoms with van der Waals surface area (Å²) in [5.41, 5.74) is 1.26. The lowest BCUT2D eigenvalue weighted by molar-refractivity contribution is -0.124. The van der Waals surface area contributed by atoms with Crippen molar-refractivity contribution in [2.45, 2.75) is 38.1 Å². The van der Waals surface area contributed by atoms with Crippen LogP contribution in [0.3, 0.4) is 0 Å². The second kappa shape index (κ2) is 12.8. The Morgan fingerprint density at radius 1 is 1.08 bits per heavy atom. The van der Waals surface area contributed by atoms with Crippen molar-refractivity contribution in [3.8, 4) is 17.2 Å². The first-order valence-corrected chi connectivity index (χ1v) is 13.5. The lowest BCUT2D eigenvalue weighted by atomic mass is 10.1. The van der Waals surface area contributed by atoms with Crippen LogP contribution in [0, 0.1) is 5.92 Å². The maximum absolute atomic E-state index is 13.8. The Bertz CT molecular complexity index is 1070. The summed E-state index contributed by atoms with van der Waals surface area (Å²) < 4.78 is 16.2. The number of nitrogens with zero attached hydrogens (tertiary/aromatic N) is 1. The summed E-state index contributed by atoms with van der Waals surface area (Å²) in [5, 5.41) is 3.98. The summed E-state index contributed by atoms with van der Waals surface area (Å²) in [6, 6.07) is 7.94. The Kier molecular flexibility index (Phi) is 10.0. The van der Waals surface area contributed by atoms with Gasteiger partial charge in [-0.25, -0.2) is 0 Å².